The first-order valence-electron chi connectivity index (χ1n) is 12.6. The summed E-state index contributed by atoms with van der Waals surface area (Å²) in [6, 6.07) is 12.1. The maximum absolute atomic E-state index is 13.0. The van der Waals surface area contributed by atoms with Crippen LogP contribution in [-0.4, -0.2) is 60.7 Å². The smallest absolute Gasteiger partial charge is 0.279 e. The second-order valence-corrected chi connectivity index (χ2v) is 10.5. The van der Waals surface area contributed by atoms with Crippen LogP contribution in [0.5, 0.6) is 0 Å². The number of likely N-dealkylation sites (N-methyl/N-ethyl adjacent to an activating group) is 1. The molecule has 0 aliphatic carbocycles. The molecule has 192 valence electrons. The zero-order valence-corrected chi connectivity index (χ0v) is 23.1. The van der Waals surface area contributed by atoms with Gasteiger partial charge in [0.25, 0.3) is 5.91 Å². The van der Waals surface area contributed by atoms with Crippen LogP contribution >= 0.6 is 11.8 Å². The molecule has 1 unspecified atom stereocenters. The van der Waals surface area contributed by atoms with Crippen molar-refractivity contribution in [3.63, 3.8) is 0 Å². The fourth-order valence-electron chi connectivity index (χ4n) is 4.43. The molecule has 7 heteroatoms. The molecule has 0 fully saturated rings. The Kier molecular flexibility index (Phi) is 11.8. The normalized spacial score (nSPS) is 12.7. The van der Waals surface area contributed by atoms with Crippen LogP contribution in [0.3, 0.4) is 0 Å². The largest absolute Gasteiger partial charge is 0.324 e. The maximum atomic E-state index is 13.0. The Hall–Kier alpha value is -2.35. The number of quaternary nitrogens is 1. The first-order valence-corrected chi connectivity index (χ1v) is 13.7. The van der Waals surface area contributed by atoms with Crippen LogP contribution in [0, 0.1) is 27.7 Å². The van der Waals surface area contributed by atoms with Gasteiger partial charge in [0, 0.05) is 23.0 Å². The second-order valence-electron chi connectivity index (χ2n) is 9.37. The highest BCUT2D eigenvalue weighted by Crippen LogP contribution is 2.21. The molecule has 1 atom stereocenters. The van der Waals surface area contributed by atoms with Gasteiger partial charge in [-0.15, -0.1) is 11.8 Å². The van der Waals surface area contributed by atoms with Crippen LogP contribution in [0.15, 0.2) is 36.4 Å². The standard InChI is InChI=1S/C28H42N4O2S/c1-7-15-32(8-2,19-26(34)31-28-23(5)13-10-14-24(28)6)16-17-35-20-29-18-25(33)30-27-21(3)11-9-12-22(27)4/h9-14,29H,7-8,15-20H2,1-6H3,(H-,30,31,33,34)/p+1. The van der Waals surface area contributed by atoms with Crippen molar-refractivity contribution in [1.29, 1.82) is 0 Å². The Labute approximate surface area is 215 Å². The van der Waals surface area contributed by atoms with Crippen LogP contribution in [0.2, 0.25) is 0 Å². The molecule has 2 rings (SSSR count). The first kappa shape index (κ1) is 28.9. The minimum Gasteiger partial charge on any atom is -0.324 e. The Bertz CT molecular complexity index is 954. The van der Waals surface area contributed by atoms with Crippen molar-refractivity contribution in [2.45, 2.75) is 48.0 Å². The van der Waals surface area contributed by atoms with E-state index in [-0.39, 0.29) is 18.4 Å². The van der Waals surface area contributed by atoms with Gasteiger partial charge in [0.05, 0.1) is 26.2 Å². The lowest BCUT2D eigenvalue weighted by Crippen LogP contribution is -2.54. The molecule has 0 saturated heterocycles. The van der Waals surface area contributed by atoms with Crippen molar-refractivity contribution in [2.75, 3.05) is 55.0 Å². The van der Waals surface area contributed by atoms with Gasteiger partial charge in [0.2, 0.25) is 5.91 Å². The molecular formula is C28H43N4O2S+. The van der Waals surface area contributed by atoms with Gasteiger partial charge >= 0.3 is 0 Å². The summed E-state index contributed by atoms with van der Waals surface area (Å²) in [5.41, 5.74) is 6.15. The molecule has 0 aliphatic heterocycles. The summed E-state index contributed by atoms with van der Waals surface area (Å²) >= 11 is 1.77. The van der Waals surface area contributed by atoms with Gasteiger partial charge < -0.3 is 15.1 Å². The summed E-state index contributed by atoms with van der Waals surface area (Å²) in [5, 5.41) is 9.40. The number of thioether (sulfide) groups is 1. The molecule has 2 aromatic carbocycles. The van der Waals surface area contributed by atoms with E-state index in [0.717, 1.165) is 69.9 Å². The van der Waals surface area contributed by atoms with E-state index in [1.165, 1.54) is 0 Å². The highest BCUT2D eigenvalue weighted by molar-refractivity contribution is 7.99. The number of amides is 2. The molecule has 0 saturated carbocycles. The lowest BCUT2D eigenvalue weighted by atomic mass is 10.1. The second kappa shape index (κ2) is 14.3. The van der Waals surface area contributed by atoms with Crippen LogP contribution in [0.25, 0.3) is 0 Å². The fraction of sp³-hybridized carbons (Fsp3) is 0.500. The third-order valence-corrected chi connectivity index (χ3v) is 7.42. The predicted molar refractivity (Wildman–Crippen MR) is 150 cm³/mol. The lowest BCUT2D eigenvalue weighted by Gasteiger charge is -2.37. The SMILES string of the molecule is CCC[N+](CC)(CCSCNCC(=O)Nc1c(C)cccc1C)CC(=O)Nc1c(C)cccc1C. The number of benzene rings is 2. The highest BCUT2D eigenvalue weighted by Gasteiger charge is 2.28. The third kappa shape index (κ3) is 8.98. The number of hydrogen-bond acceptors (Lipinski definition) is 4. The molecular weight excluding hydrogens is 456 g/mol. The average molecular weight is 500 g/mol. The van der Waals surface area contributed by atoms with Gasteiger partial charge in [-0.05, 0) is 63.3 Å². The summed E-state index contributed by atoms with van der Waals surface area (Å²) in [7, 11) is 0. The fourth-order valence-corrected chi connectivity index (χ4v) is 5.34. The summed E-state index contributed by atoms with van der Waals surface area (Å²) in [5.74, 6) is 1.67. The lowest BCUT2D eigenvalue weighted by molar-refractivity contribution is -0.916. The van der Waals surface area contributed by atoms with Gasteiger partial charge in [-0.1, -0.05) is 43.3 Å². The number of hydrogen-bond donors (Lipinski definition) is 3. The van der Waals surface area contributed by atoms with Crippen molar-refractivity contribution in [3.8, 4) is 0 Å². The molecule has 0 heterocycles. The number of nitrogens with one attached hydrogen (secondary N) is 3. The zero-order valence-electron chi connectivity index (χ0n) is 22.3. The number of nitrogens with zero attached hydrogens (tertiary/aromatic N) is 1. The zero-order chi connectivity index (χ0) is 25.8. The van der Waals surface area contributed by atoms with Crippen molar-refractivity contribution in [1.82, 2.24) is 5.32 Å². The first-order chi connectivity index (χ1) is 16.7. The summed E-state index contributed by atoms with van der Waals surface area (Å²) in [6.07, 6.45) is 1.03. The van der Waals surface area contributed by atoms with E-state index in [0.29, 0.717) is 12.4 Å². The summed E-state index contributed by atoms with van der Waals surface area (Å²) in [6.45, 7) is 16.0. The van der Waals surface area contributed by atoms with Crippen molar-refractivity contribution < 1.29 is 14.1 Å². The van der Waals surface area contributed by atoms with E-state index in [9.17, 15) is 9.59 Å². The van der Waals surface area contributed by atoms with E-state index in [1.54, 1.807) is 11.8 Å². The minimum atomic E-state index is -0.0316. The number of para-hydroxylation sites is 2. The Morgan fingerprint density at radius 2 is 1.31 bits per heavy atom. The molecule has 2 aromatic rings. The molecule has 0 aromatic heterocycles. The number of anilines is 2. The number of rotatable bonds is 14. The van der Waals surface area contributed by atoms with E-state index < -0.39 is 0 Å². The average Bonchev–Trinajstić information content (AvgIpc) is 2.81. The molecule has 6 nitrogen and oxygen atoms in total. The van der Waals surface area contributed by atoms with Crippen LogP contribution in [-0.2, 0) is 9.59 Å². The van der Waals surface area contributed by atoms with Crippen LogP contribution in [0.1, 0.15) is 42.5 Å². The molecule has 0 aliphatic rings. The van der Waals surface area contributed by atoms with Gasteiger partial charge in [-0.3, -0.25) is 14.9 Å². The highest BCUT2D eigenvalue weighted by atomic mass is 32.2. The van der Waals surface area contributed by atoms with Gasteiger partial charge in [0.15, 0.2) is 6.54 Å². The monoisotopic (exact) mass is 499 g/mol. The van der Waals surface area contributed by atoms with Crippen LogP contribution < -0.4 is 16.0 Å². The van der Waals surface area contributed by atoms with E-state index in [4.69, 9.17) is 0 Å². The van der Waals surface area contributed by atoms with Crippen molar-refractivity contribution in [2.24, 2.45) is 0 Å². The Balaban J connectivity index is 1.80. The Morgan fingerprint density at radius 3 is 1.80 bits per heavy atom. The maximum Gasteiger partial charge on any atom is 0.279 e. The van der Waals surface area contributed by atoms with Gasteiger partial charge in [0.1, 0.15) is 0 Å². The Morgan fingerprint density at radius 1 is 0.800 bits per heavy atom. The number of carbonyl (C=O) groups is 2. The van der Waals surface area contributed by atoms with E-state index in [1.807, 2.05) is 64.1 Å². The quantitative estimate of drug-likeness (QED) is 0.194. The van der Waals surface area contributed by atoms with Crippen molar-refractivity contribution >= 4 is 35.0 Å². The summed E-state index contributed by atoms with van der Waals surface area (Å²) in [4.78, 5) is 25.3. The third-order valence-electron chi connectivity index (χ3n) is 6.54. The molecule has 0 radical (unpaired) electrons. The predicted octanol–water partition coefficient (Wildman–Crippen LogP) is 5.02. The molecule has 0 bridgehead atoms. The van der Waals surface area contributed by atoms with Crippen molar-refractivity contribution in [3.05, 3.63) is 58.7 Å². The molecule has 0 spiro atoms. The topological polar surface area (TPSA) is 70.2 Å². The molecule has 2 amide bonds. The van der Waals surface area contributed by atoms with Crippen LogP contribution in [0.4, 0.5) is 11.4 Å². The van der Waals surface area contributed by atoms with E-state index >= 15 is 0 Å². The molecule has 35 heavy (non-hydrogen) atoms. The number of aryl methyl sites for hydroxylation is 4. The number of carbonyl (C=O) groups excluding carboxylic acids is 2. The summed E-state index contributed by atoms with van der Waals surface area (Å²) < 4.78 is 0.771. The van der Waals surface area contributed by atoms with Gasteiger partial charge in [-0.2, -0.15) is 0 Å². The minimum absolute atomic E-state index is 0.0316. The van der Waals surface area contributed by atoms with E-state index in [2.05, 4.69) is 29.8 Å². The molecule has 3 N–H and O–H groups in total. The van der Waals surface area contributed by atoms with Gasteiger partial charge in [-0.25, -0.2) is 0 Å².